The van der Waals surface area contributed by atoms with Crippen LogP contribution in [0.2, 0.25) is 0 Å². The number of pyridine rings is 1. The molecule has 2 aromatic heterocycles. The predicted molar refractivity (Wildman–Crippen MR) is 96.1 cm³/mol. The lowest BCUT2D eigenvalue weighted by atomic mass is 10.3. The molecule has 7 nitrogen and oxygen atoms in total. The van der Waals surface area contributed by atoms with E-state index in [2.05, 4.69) is 25.1 Å². The van der Waals surface area contributed by atoms with Gasteiger partial charge < -0.3 is 16.0 Å². The van der Waals surface area contributed by atoms with Gasteiger partial charge in [-0.15, -0.1) is 11.3 Å². The molecular formula is C16H22N6OS. The van der Waals surface area contributed by atoms with Crippen LogP contribution in [-0.2, 0) is 11.3 Å². The smallest absolute Gasteiger partial charge is 0.242 e. The first kappa shape index (κ1) is 16.8. The van der Waals surface area contributed by atoms with Crippen LogP contribution in [0, 0.1) is 0 Å². The zero-order valence-corrected chi connectivity index (χ0v) is 14.5. The van der Waals surface area contributed by atoms with Gasteiger partial charge in [0, 0.05) is 44.3 Å². The summed E-state index contributed by atoms with van der Waals surface area (Å²) in [5.41, 5.74) is 6.53. The number of piperazine rings is 1. The third kappa shape index (κ3) is 4.28. The van der Waals surface area contributed by atoms with E-state index in [9.17, 15) is 4.79 Å². The molecule has 3 rings (SSSR count). The highest BCUT2D eigenvalue weighted by Crippen LogP contribution is 2.18. The topological polar surface area (TPSA) is 87.4 Å². The van der Waals surface area contributed by atoms with Crippen molar-refractivity contribution in [1.82, 2.24) is 14.9 Å². The van der Waals surface area contributed by atoms with Crippen molar-refractivity contribution in [3.8, 4) is 0 Å². The second-order valence-corrected chi connectivity index (χ2v) is 6.73. The number of aromatic nitrogens is 2. The van der Waals surface area contributed by atoms with E-state index in [0.29, 0.717) is 5.13 Å². The summed E-state index contributed by atoms with van der Waals surface area (Å²) < 4.78 is 0. The maximum atomic E-state index is 11.6. The SMILES string of the molecule is CC(N)C(=O)Nc1nc(CN2CCN(c3ccccn3)CC2)cs1. The minimum atomic E-state index is -0.531. The Morgan fingerprint density at radius 2 is 2.17 bits per heavy atom. The number of nitrogens with one attached hydrogen (secondary N) is 1. The fourth-order valence-electron chi connectivity index (χ4n) is 2.56. The van der Waals surface area contributed by atoms with E-state index in [0.717, 1.165) is 44.2 Å². The minimum Gasteiger partial charge on any atom is -0.354 e. The number of carbonyl (C=O) groups is 1. The van der Waals surface area contributed by atoms with Crippen molar-refractivity contribution in [3.63, 3.8) is 0 Å². The number of thiazole rings is 1. The molecule has 1 aliphatic rings. The molecule has 8 heteroatoms. The van der Waals surface area contributed by atoms with Crippen molar-refractivity contribution in [3.05, 3.63) is 35.5 Å². The largest absolute Gasteiger partial charge is 0.354 e. The van der Waals surface area contributed by atoms with Crippen LogP contribution >= 0.6 is 11.3 Å². The van der Waals surface area contributed by atoms with Crippen LogP contribution in [0.25, 0.3) is 0 Å². The van der Waals surface area contributed by atoms with Gasteiger partial charge in [-0.1, -0.05) is 6.07 Å². The number of carbonyl (C=O) groups excluding carboxylic acids is 1. The monoisotopic (exact) mass is 346 g/mol. The quantitative estimate of drug-likeness (QED) is 0.844. The molecule has 1 amide bonds. The summed E-state index contributed by atoms with van der Waals surface area (Å²) >= 11 is 1.44. The van der Waals surface area contributed by atoms with Crippen LogP contribution < -0.4 is 16.0 Å². The van der Waals surface area contributed by atoms with E-state index >= 15 is 0 Å². The van der Waals surface area contributed by atoms with E-state index < -0.39 is 6.04 Å². The van der Waals surface area contributed by atoms with Crippen molar-refractivity contribution >= 4 is 28.2 Å². The number of rotatable bonds is 5. The van der Waals surface area contributed by atoms with Gasteiger partial charge in [-0.2, -0.15) is 0 Å². The Balaban J connectivity index is 1.50. The van der Waals surface area contributed by atoms with Crippen molar-refractivity contribution in [2.75, 3.05) is 36.4 Å². The number of nitrogens with zero attached hydrogens (tertiary/aromatic N) is 4. The molecule has 3 N–H and O–H groups in total. The van der Waals surface area contributed by atoms with Crippen molar-refractivity contribution < 1.29 is 4.79 Å². The summed E-state index contributed by atoms with van der Waals surface area (Å²) in [5.74, 6) is 0.826. The molecule has 0 spiro atoms. The summed E-state index contributed by atoms with van der Waals surface area (Å²) in [6, 6.07) is 5.46. The molecule has 1 fully saturated rings. The average Bonchev–Trinajstić information content (AvgIpc) is 3.03. The number of nitrogens with two attached hydrogens (primary N) is 1. The third-order valence-corrected chi connectivity index (χ3v) is 4.73. The van der Waals surface area contributed by atoms with Crippen molar-refractivity contribution in [1.29, 1.82) is 0 Å². The molecule has 0 aliphatic carbocycles. The number of anilines is 2. The van der Waals surface area contributed by atoms with Crippen LogP contribution in [0.3, 0.4) is 0 Å². The maximum Gasteiger partial charge on any atom is 0.242 e. The number of hydrogen-bond acceptors (Lipinski definition) is 7. The first-order valence-electron chi connectivity index (χ1n) is 8.01. The van der Waals surface area contributed by atoms with E-state index in [-0.39, 0.29) is 5.91 Å². The Labute approximate surface area is 145 Å². The van der Waals surface area contributed by atoms with Crippen LogP contribution in [0.4, 0.5) is 10.9 Å². The van der Waals surface area contributed by atoms with Crippen LogP contribution in [0.5, 0.6) is 0 Å². The molecule has 1 unspecified atom stereocenters. The Morgan fingerprint density at radius 1 is 1.38 bits per heavy atom. The standard InChI is InChI=1S/C16H22N6OS/c1-12(17)15(23)20-16-19-13(11-24-16)10-21-6-8-22(9-7-21)14-4-2-3-5-18-14/h2-5,11-12H,6-10,17H2,1H3,(H,19,20,23). The Bertz CT molecular complexity index is 666. The van der Waals surface area contributed by atoms with Crippen LogP contribution in [0.15, 0.2) is 29.8 Å². The molecule has 1 aliphatic heterocycles. The van der Waals surface area contributed by atoms with Gasteiger partial charge in [0.25, 0.3) is 0 Å². The van der Waals surface area contributed by atoms with E-state index in [4.69, 9.17) is 5.73 Å². The molecule has 1 atom stereocenters. The molecule has 1 saturated heterocycles. The maximum absolute atomic E-state index is 11.6. The first-order valence-corrected chi connectivity index (χ1v) is 8.89. The summed E-state index contributed by atoms with van der Waals surface area (Å²) in [4.78, 5) is 25.1. The zero-order chi connectivity index (χ0) is 16.9. The van der Waals surface area contributed by atoms with Gasteiger partial charge in [0.2, 0.25) is 5.91 Å². The summed E-state index contributed by atoms with van der Waals surface area (Å²) in [7, 11) is 0. The van der Waals surface area contributed by atoms with Gasteiger partial charge in [0.1, 0.15) is 5.82 Å². The second kappa shape index (κ2) is 7.69. The molecule has 128 valence electrons. The molecule has 3 heterocycles. The molecule has 0 aromatic carbocycles. The van der Waals surface area contributed by atoms with Gasteiger partial charge in [-0.05, 0) is 19.1 Å². The van der Waals surface area contributed by atoms with E-state index in [1.807, 2.05) is 29.8 Å². The summed E-state index contributed by atoms with van der Waals surface area (Å²) in [6.07, 6.45) is 1.83. The fraction of sp³-hybridized carbons (Fsp3) is 0.438. The van der Waals surface area contributed by atoms with Crippen LogP contribution in [0.1, 0.15) is 12.6 Å². The fourth-order valence-corrected chi connectivity index (χ4v) is 3.27. The zero-order valence-electron chi connectivity index (χ0n) is 13.7. The first-order chi connectivity index (χ1) is 11.6. The molecule has 0 radical (unpaired) electrons. The van der Waals surface area contributed by atoms with Crippen LogP contribution in [-0.4, -0.2) is 53.0 Å². The predicted octanol–water partition coefficient (Wildman–Crippen LogP) is 1.15. The highest BCUT2D eigenvalue weighted by atomic mass is 32.1. The number of amides is 1. The normalized spacial score (nSPS) is 16.8. The molecule has 0 bridgehead atoms. The highest BCUT2D eigenvalue weighted by Gasteiger charge is 2.19. The summed E-state index contributed by atoms with van der Waals surface area (Å²) in [6.45, 7) is 6.29. The van der Waals surface area contributed by atoms with E-state index in [1.54, 1.807) is 6.92 Å². The lowest BCUT2D eigenvalue weighted by Crippen LogP contribution is -2.46. The summed E-state index contributed by atoms with van der Waals surface area (Å²) in [5, 5.41) is 5.33. The van der Waals surface area contributed by atoms with Gasteiger partial charge in [0.15, 0.2) is 5.13 Å². The molecule has 2 aromatic rings. The minimum absolute atomic E-state index is 0.208. The molecule has 0 saturated carbocycles. The number of hydrogen-bond donors (Lipinski definition) is 2. The average molecular weight is 346 g/mol. The molecule has 24 heavy (non-hydrogen) atoms. The van der Waals surface area contributed by atoms with Gasteiger partial charge >= 0.3 is 0 Å². The lowest BCUT2D eigenvalue weighted by molar-refractivity contribution is -0.117. The third-order valence-electron chi connectivity index (χ3n) is 3.93. The van der Waals surface area contributed by atoms with Crippen molar-refractivity contribution in [2.45, 2.75) is 19.5 Å². The Hall–Kier alpha value is -2.03. The van der Waals surface area contributed by atoms with Gasteiger partial charge in [-0.3, -0.25) is 9.69 Å². The Morgan fingerprint density at radius 3 is 2.83 bits per heavy atom. The lowest BCUT2D eigenvalue weighted by Gasteiger charge is -2.35. The highest BCUT2D eigenvalue weighted by molar-refractivity contribution is 7.13. The Kier molecular flexibility index (Phi) is 5.39. The van der Waals surface area contributed by atoms with E-state index in [1.165, 1.54) is 11.3 Å². The van der Waals surface area contributed by atoms with Crippen molar-refractivity contribution in [2.24, 2.45) is 5.73 Å². The molecular weight excluding hydrogens is 324 g/mol. The second-order valence-electron chi connectivity index (χ2n) is 5.87. The van der Waals surface area contributed by atoms with Gasteiger partial charge in [0.05, 0.1) is 11.7 Å². The van der Waals surface area contributed by atoms with Gasteiger partial charge in [-0.25, -0.2) is 9.97 Å².